The highest BCUT2D eigenvalue weighted by Crippen LogP contribution is 2.31. The predicted molar refractivity (Wildman–Crippen MR) is 47.8 cm³/mol. The van der Waals surface area contributed by atoms with Crippen LogP contribution in [0.4, 0.5) is 8.78 Å². The predicted octanol–water partition coefficient (Wildman–Crippen LogP) is 1.10. The minimum atomic E-state index is -1.01. The fraction of sp³-hybridized carbons (Fsp3) is 0.400. The number of nitrogens with zero attached hydrogens (tertiary/aromatic N) is 1. The summed E-state index contributed by atoms with van der Waals surface area (Å²) in [5, 5.41) is 9.94. The van der Waals surface area contributed by atoms with Gasteiger partial charge in [-0.15, -0.1) is 0 Å². The Morgan fingerprint density at radius 3 is 2.43 bits per heavy atom. The molecule has 0 bridgehead atoms. The molecule has 1 heterocycles. The lowest BCUT2D eigenvalue weighted by Gasteiger charge is -2.44. The molecular formula is C10H11F2NO. The summed E-state index contributed by atoms with van der Waals surface area (Å²) in [5.74, 6) is -1.80. The molecule has 0 aromatic heterocycles. The van der Waals surface area contributed by atoms with Gasteiger partial charge in [0.05, 0.1) is 0 Å². The molecule has 1 aliphatic heterocycles. The number of β-amino-alcohol motifs (C(OH)–C–C–N with tert-alkyl or cyclic N) is 1. The normalized spacial score (nSPS) is 20.6. The second-order valence-electron chi connectivity index (χ2n) is 3.83. The van der Waals surface area contributed by atoms with E-state index in [0.717, 1.165) is 12.1 Å². The van der Waals surface area contributed by atoms with Gasteiger partial charge in [-0.2, -0.15) is 0 Å². The van der Waals surface area contributed by atoms with E-state index < -0.39 is 17.2 Å². The molecule has 14 heavy (non-hydrogen) atoms. The summed E-state index contributed by atoms with van der Waals surface area (Å²) in [7, 11) is 1.86. The third-order valence-corrected chi connectivity index (χ3v) is 2.52. The van der Waals surface area contributed by atoms with Gasteiger partial charge in [-0.25, -0.2) is 8.78 Å². The summed E-state index contributed by atoms with van der Waals surface area (Å²) in [6.45, 7) is 0.913. The van der Waals surface area contributed by atoms with Crippen molar-refractivity contribution in [3.8, 4) is 0 Å². The van der Waals surface area contributed by atoms with Crippen LogP contribution >= 0.6 is 0 Å². The van der Waals surface area contributed by atoms with E-state index in [1.165, 1.54) is 6.07 Å². The number of hydrogen-bond acceptors (Lipinski definition) is 2. The van der Waals surface area contributed by atoms with Crippen molar-refractivity contribution in [1.82, 2.24) is 4.90 Å². The molecule has 76 valence electrons. The first kappa shape index (κ1) is 9.55. The number of benzene rings is 1. The molecule has 2 nitrogen and oxygen atoms in total. The summed E-state index contributed by atoms with van der Waals surface area (Å²) < 4.78 is 25.5. The molecule has 1 fully saturated rings. The zero-order valence-corrected chi connectivity index (χ0v) is 7.80. The first-order valence-corrected chi connectivity index (χ1v) is 4.38. The topological polar surface area (TPSA) is 23.5 Å². The van der Waals surface area contributed by atoms with Gasteiger partial charge < -0.3 is 5.11 Å². The molecule has 0 aliphatic carbocycles. The van der Waals surface area contributed by atoms with Crippen LogP contribution in [0.25, 0.3) is 0 Å². The molecule has 1 N–H and O–H groups in total. The van der Waals surface area contributed by atoms with Crippen molar-refractivity contribution in [1.29, 1.82) is 0 Å². The first-order valence-electron chi connectivity index (χ1n) is 4.38. The van der Waals surface area contributed by atoms with Crippen molar-refractivity contribution in [2.75, 3.05) is 20.1 Å². The molecule has 4 heteroatoms. The van der Waals surface area contributed by atoms with E-state index in [-0.39, 0.29) is 0 Å². The minimum absolute atomic E-state index is 0.439. The zero-order valence-electron chi connectivity index (χ0n) is 7.80. The summed E-state index contributed by atoms with van der Waals surface area (Å²) >= 11 is 0. The van der Waals surface area contributed by atoms with Crippen LogP contribution in [0.5, 0.6) is 0 Å². The van der Waals surface area contributed by atoms with Crippen LogP contribution < -0.4 is 0 Å². The summed E-state index contributed by atoms with van der Waals surface area (Å²) in [6.07, 6.45) is 0. The van der Waals surface area contributed by atoms with Crippen molar-refractivity contribution < 1.29 is 13.9 Å². The van der Waals surface area contributed by atoms with Crippen LogP contribution in [0.1, 0.15) is 5.56 Å². The molecule has 0 atom stereocenters. The van der Waals surface area contributed by atoms with Crippen LogP contribution in [-0.4, -0.2) is 30.1 Å². The van der Waals surface area contributed by atoms with E-state index in [1.54, 1.807) is 0 Å². The SMILES string of the molecule is CN1CC(O)(c2ccc(F)c(F)c2)C1. The average molecular weight is 199 g/mol. The monoisotopic (exact) mass is 199 g/mol. The van der Waals surface area contributed by atoms with Crippen molar-refractivity contribution >= 4 is 0 Å². The Kier molecular flexibility index (Phi) is 2.05. The van der Waals surface area contributed by atoms with Gasteiger partial charge in [0.25, 0.3) is 0 Å². The zero-order chi connectivity index (χ0) is 10.3. The maximum atomic E-state index is 12.9. The van der Waals surface area contributed by atoms with Crippen molar-refractivity contribution in [2.24, 2.45) is 0 Å². The van der Waals surface area contributed by atoms with Crippen molar-refractivity contribution in [3.05, 3.63) is 35.4 Å². The van der Waals surface area contributed by atoms with Crippen molar-refractivity contribution in [3.63, 3.8) is 0 Å². The number of likely N-dealkylation sites (N-methyl/N-ethyl adjacent to an activating group) is 1. The lowest BCUT2D eigenvalue weighted by molar-refractivity contribution is -0.0920. The Labute approximate surface area is 80.8 Å². The van der Waals surface area contributed by atoms with E-state index in [4.69, 9.17) is 0 Å². The molecule has 0 saturated carbocycles. The van der Waals surface area contributed by atoms with Gasteiger partial charge in [-0.1, -0.05) is 6.07 Å². The summed E-state index contributed by atoms with van der Waals surface area (Å²) in [4.78, 5) is 1.90. The molecule has 0 unspecified atom stereocenters. The van der Waals surface area contributed by atoms with Gasteiger partial charge in [0.15, 0.2) is 11.6 Å². The molecule has 0 radical (unpaired) electrons. The molecule has 1 aliphatic rings. The Morgan fingerprint density at radius 1 is 1.29 bits per heavy atom. The third-order valence-electron chi connectivity index (χ3n) is 2.52. The van der Waals surface area contributed by atoms with Gasteiger partial charge in [0.2, 0.25) is 0 Å². The van der Waals surface area contributed by atoms with Crippen LogP contribution in [0, 0.1) is 11.6 Å². The fourth-order valence-electron chi connectivity index (χ4n) is 1.81. The van der Waals surface area contributed by atoms with Crippen LogP contribution in [-0.2, 0) is 5.60 Å². The van der Waals surface area contributed by atoms with E-state index in [2.05, 4.69) is 0 Å². The van der Waals surface area contributed by atoms with Crippen molar-refractivity contribution in [2.45, 2.75) is 5.60 Å². The highest BCUT2D eigenvalue weighted by molar-refractivity contribution is 5.27. The number of aliphatic hydroxyl groups is 1. The average Bonchev–Trinajstić information content (AvgIpc) is 2.07. The lowest BCUT2D eigenvalue weighted by Crippen LogP contribution is -2.57. The second-order valence-corrected chi connectivity index (χ2v) is 3.83. The Morgan fingerprint density at radius 2 is 1.93 bits per heavy atom. The Bertz CT molecular complexity index is 361. The first-order chi connectivity index (χ1) is 6.51. The van der Waals surface area contributed by atoms with E-state index in [0.29, 0.717) is 18.7 Å². The fourth-order valence-corrected chi connectivity index (χ4v) is 1.81. The van der Waals surface area contributed by atoms with Crippen LogP contribution in [0.3, 0.4) is 0 Å². The van der Waals surface area contributed by atoms with Gasteiger partial charge in [0.1, 0.15) is 5.60 Å². The standard InChI is InChI=1S/C10H11F2NO/c1-13-5-10(14,6-13)7-2-3-8(11)9(12)4-7/h2-4,14H,5-6H2,1H3. The Hall–Kier alpha value is -1.00. The molecule has 1 saturated heterocycles. The van der Waals surface area contributed by atoms with Gasteiger partial charge in [-0.3, -0.25) is 4.90 Å². The number of halogens is 2. The van der Waals surface area contributed by atoms with E-state index >= 15 is 0 Å². The Balaban J connectivity index is 2.29. The molecule has 0 amide bonds. The molecule has 1 aromatic rings. The summed E-state index contributed by atoms with van der Waals surface area (Å²) in [5.41, 5.74) is -0.571. The minimum Gasteiger partial charge on any atom is -0.382 e. The van der Waals surface area contributed by atoms with Crippen LogP contribution in [0.15, 0.2) is 18.2 Å². The maximum Gasteiger partial charge on any atom is 0.159 e. The maximum absolute atomic E-state index is 12.9. The molecule has 1 aromatic carbocycles. The lowest BCUT2D eigenvalue weighted by atomic mass is 9.86. The third kappa shape index (κ3) is 1.40. The highest BCUT2D eigenvalue weighted by atomic mass is 19.2. The second kappa shape index (κ2) is 3.00. The largest absolute Gasteiger partial charge is 0.382 e. The molecule has 2 rings (SSSR count). The van der Waals surface area contributed by atoms with Gasteiger partial charge in [-0.05, 0) is 24.7 Å². The number of likely N-dealkylation sites (tertiary alicyclic amines) is 1. The number of rotatable bonds is 1. The van der Waals surface area contributed by atoms with E-state index in [1.807, 2.05) is 11.9 Å². The molecular weight excluding hydrogens is 188 g/mol. The van der Waals surface area contributed by atoms with Gasteiger partial charge in [0, 0.05) is 13.1 Å². The smallest absolute Gasteiger partial charge is 0.159 e. The van der Waals surface area contributed by atoms with Crippen LogP contribution in [0.2, 0.25) is 0 Å². The molecule has 0 spiro atoms. The number of hydrogen-bond donors (Lipinski definition) is 1. The highest BCUT2D eigenvalue weighted by Gasteiger charge is 2.40. The van der Waals surface area contributed by atoms with Gasteiger partial charge >= 0.3 is 0 Å². The van der Waals surface area contributed by atoms with E-state index in [9.17, 15) is 13.9 Å². The quantitative estimate of drug-likeness (QED) is 0.732. The summed E-state index contributed by atoms with van der Waals surface area (Å²) in [6, 6.07) is 3.52.